The number of halogens is 3. The molecule has 0 radical (unpaired) electrons. The molecule has 0 aliphatic carbocycles. The van der Waals surface area contributed by atoms with Gasteiger partial charge in [0, 0.05) is 26.7 Å². The van der Waals surface area contributed by atoms with Crippen LogP contribution in [0.1, 0.15) is 6.42 Å². The van der Waals surface area contributed by atoms with Crippen molar-refractivity contribution in [1.82, 2.24) is 10.2 Å². The van der Waals surface area contributed by atoms with Gasteiger partial charge >= 0.3 is 0 Å². The van der Waals surface area contributed by atoms with Gasteiger partial charge in [-0.25, -0.2) is 16.8 Å². The van der Waals surface area contributed by atoms with Gasteiger partial charge < -0.3 is 15.5 Å². The van der Waals surface area contributed by atoms with Crippen molar-refractivity contribution in [3.8, 4) is 0 Å². The van der Waals surface area contributed by atoms with Crippen molar-refractivity contribution >= 4 is 73.2 Å². The van der Waals surface area contributed by atoms with Crippen LogP contribution in [0.15, 0.2) is 50.4 Å². The molecule has 31 heavy (non-hydrogen) atoms. The van der Waals surface area contributed by atoms with Crippen LogP contribution in [0.4, 0.5) is 5.00 Å². The maximum absolute atomic E-state index is 12.7. The van der Waals surface area contributed by atoms with Crippen molar-refractivity contribution in [2.75, 3.05) is 50.8 Å². The van der Waals surface area contributed by atoms with Crippen LogP contribution in [0.5, 0.6) is 0 Å². The predicted octanol–water partition coefficient (Wildman–Crippen LogP) is 2.96. The Hall–Kier alpha value is -0.590. The molecule has 0 amide bonds. The fourth-order valence-electron chi connectivity index (χ4n) is 3.03. The van der Waals surface area contributed by atoms with Gasteiger partial charge in [0.1, 0.15) is 4.21 Å². The normalized spacial score (nSPS) is 15.0. The standard InChI is InChI=1S/C18H25N3O4S3.3ClH/c1-19-17-7-8-18(26-17)28(24,25)16-5-3-15(4-6-16)27(22,23)14-13-21-11-2-9-20-10-12-21;;;/h3-8,19-20H,2,9-14H2,1H3;3*1H. The zero-order valence-electron chi connectivity index (χ0n) is 16.9. The molecule has 1 aliphatic rings. The summed E-state index contributed by atoms with van der Waals surface area (Å²) >= 11 is 1.14. The first-order chi connectivity index (χ1) is 13.3. The van der Waals surface area contributed by atoms with Crippen molar-refractivity contribution in [3.63, 3.8) is 0 Å². The Bertz CT molecular complexity index is 1010. The van der Waals surface area contributed by atoms with E-state index in [9.17, 15) is 16.8 Å². The molecular weight excluding hydrogens is 525 g/mol. The first-order valence-corrected chi connectivity index (χ1v) is 13.1. The van der Waals surface area contributed by atoms with Crippen LogP contribution in [-0.2, 0) is 19.7 Å². The second-order valence-corrected chi connectivity index (χ2v) is 12.0. The monoisotopic (exact) mass is 551 g/mol. The third kappa shape index (κ3) is 7.75. The highest BCUT2D eigenvalue weighted by molar-refractivity contribution is 7.93. The van der Waals surface area contributed by atoms with Gasteiger partial charge in [0.05, 0.1) is 20.5 Å². The summed E-state index contributed by atoms with van der Waals surface area (Å²) in [5, 5.41) is 6.96. The van der Waals surface area contributed by atoms with Gasteiger partial charge in [0.2, 0.25) is 9.84 Å². The second kappa shape index (κ2) is 13.2. The van der Waals surface area contributed by atoms with Crippen molar-refractivity contribution in [2.24, 2.45) is 0 Å². The zero-order chi connectivity index (χ0) is 20.2. The van der Waals surface area contributed by atoms with E-state index in [0.29, 0.717) is 6.54 Å². The molecule has 178 valence electrons. The number of sulfone groups is 2. The van der Waals surface area contributed by atoms with E-state index in [-0.39, 0.29) is 57.0 Å². The second-order valence-electron chi connectivity index (χ2n) is 6.61. The number of rotatable bonds is 7. The van der Waals surface area contributed by atoms with E-state index in [1.807, 2.05) is 0 Å². The molecule has 0 unspecified atom stereocenters. The summed E-state index contributed by atoms with van der Waals surface area (Å²) in [5.41, 5.74) is 0. The molecule has 1 aromatic heterocycles. The SMILES string of the molecule is CNc1ccc(S(=O)(=O)c2ccc(S(=O)(=O)CCN3CCCNCC3)cc2)s1.Cl.Cl.Cl. The topological polar surface area (TPSA) is 95.6 Å². The van der Waals surface area contributed by atoms with Crippen LogP contribution in [0.25, 0.3) is 0 Å². The highest BCUT2D eigenvalue weighted by Crippen LogP contribution is 2.30. The lowest BCUT2D eigenvalue weighted by Gasteiger charge is -2.19. The van der Waals surface area contributed by atoms with E-state index < -0.39 is 19.7 Å². The zero-order valence-corrected chi connectivity index (χ0v) is 21.8. The summed E-state index contributed by atoms with van der Waals surface area (Å²) in [6, 6.07) is 8.77. The maximum Gasteiger partial charge on any atom is 0.216 e. The quantitative estimate of drug-likeness (QED) is 0.545. The van der Waals surface area contributed by atoms with Crippen molar-refractivity contribution in [2.45, 2.75) is 20.4 Å². The predicted molar refractivity (Wildman–Crippen MR) is 133 cm³/mol. The number of thiophene rings is 1. The smallest absolute Gasteiger partial charge is 0.216 e. The van der Waals surface area contributed by atoms with E-state index in [0.717, 1.165) is 48.9 Å². The summed E-state index contributed by atoms with van der Waals surface area (Å²) in [4.78, 5) is 2.39. The molecule has 13 heteroatoms. The lowest BCUT2D eigenvalue weighted by Crippen LogP contribution is -2.32. The Morgan fingerprint density at radius 2 is 1.58 bits per heavy atom. The summed E-state index contributed by atoms with van der Waals surface area (Å²) < 4.78 is 50.9. The Kier molecular flexibility index (Phi) is 12.9. The first kappa shape index (κ1) is 30.4. The van der Waals surface area contributed by atoms with Gasteiger partial charge in [0.15, 0.2) is 9.84 Å². The molecule has 1 saturated heterocycles. The number of benzene rings is 1. The van der Waals surface area contributed by atoms with Gasteiger partial charge in [-0.2, -0.15) is 0 Å². The van der Waals surface area contributed by atoms with Crippen LogP contribution in [0.2, 0.25) is 0 Å². The molecule has 2 N–H and O–H groups in total. The third-order valence-corrected chi connectivity index (χ3v) is 9.77. The Morgan fingerprint density at radius 3 is 2.19 bits per heavy atom. The summed E-state index contributed by atoms with van der Waals surface area (Å²) in [6.07, 6.45) is 1.00. The minimum Gasteiger partial charge on any atom is -0.380 e. The first-order valence-electron chi connectivity index (χ1n) is 9.11. The number of nitrogens with one attached hydrogen (secondary N) is 2. The third-order valence-electron chi connectivity index (χ3n) is 4.69. The number of hydrogen-bond donors (Lipinski definition) is 2. The van der Waals surface area contributed by atoms with Gasteiger partial charge in [-0.05, 0) is 55.9 Å². The maximum atomic E-state index is 12.7. The van der Waals surface area contributed by atoms with E-state index in [2.05, 4.69) is 15.5 Å². The molecule has 2 heterocycles. The molecule has 3 rings (SSSR count). The average molecular weight is 553 g/mol. The molecule has 0 atom stereocenters. The fraction of sp³-hybridized carbons (Fsp3) is 0.444. The lowest BCUT2D eigenvalue weighted by atomic mass is 10.4. The molecule has 1 aromatic carbocycles. The Morgan fingerprint density at radius 1 is 0.935 bits per heavy atom. The molecule has 1 fully saturated rings. The van der Waals surface area contributed by atoms with Crippen LogP contribution in [-0.4, -0.2) is 67.3 Å². The fourth-order valence-corrected chi connectivity index (χ4v) is 6.88. The number of hydrogen-bond acceptors (Lipinski definition) is 8. The summed E-state index contributed by atoms with van der Waals surface area (Å²) in [5.74, 6) is 0.0234. The van der Waals surface area contributed by atoms with Crippen LogP contribution in [0.3, 0.4) is 0 Å². The lowest BCUT2D eigenvalue weighted by molar-refractivity contribution is 0.309. The highest BCUT2D eigenvalue weighted by atomic mass is 35.5. The van der Waals surface area contributed by atoms with Gasteiger partial charge in [-0.15, -0.1) is 48.6 Å². The van der Waals surface area contributed by atoms with Crippen molar-refractivity contribution < 1.29 is 16.8 Å². The van der Waals surface area contributed by atoms with Gasteiger partial charge in [0.25, 0.3) is 0 Å². The summed E-state index contributed by atoms with van der Waals surface area (Å²) in [7, 11) is -5.39. The van der Waals surface area contributed by atoms with E-state index >= 15 is 0 Å². The largest absolute Gasteiger partial charge is 0.380 e. The molecule has 7 nitrogen and oxygen atoms in total. The molecule has 1 aliphatic heterocycles. The van der Waals surface area contributed by atoms with Gasteiger partial charge in [-0.1, -0.05) is 0 Å². The minimum absolute atomic E-state index is 0. The average Bonchev–Trinajstić information content (AvgIpc) is 3.04. The minimum atomic E-state index is -3.66. The molecule has 0 spiro atoms. The molecular formula is C18H28Cl3N3O4S3. The van der Waals surface area contributed by atoms with E-state index in [1.54, 1.807) is 19.2 Å². The number of anilines is 1. The van der Waals surface area contributed by atoms with Crippen molar-refractivity contribution in [1.29, 1.82) is 0 Å². The van der Waals surface area contributed by atoms with Gasteiger partial charge in [-0.3, -0.25) is 0 Å². The molecule has 0 saturated carbocycles. The Balaban J connectivity index is 0.00000300. The van der Waals surface area contributed by atoms with Crippen LogP contribution in [0, 0.1) is 0 Å². The molecule has 2 aromatic rings. The highest BCUT2D eigenvalue weighted by Gasteiger charge is 2.22. The molecule has 0 bridgehead atoms. The van der Waals surface area contributed by atoms with Crippen LogP contribution >= 0.6 is 48.6 Å². The summed E-state index contributed by atoms with van der Waals surface area (Å²) in [6.45, 7) is 4.02. The van der Waals surface area contributed by atoms with Crippen LogP contribution < -0.4 is 10.6 Å². The number of nitrogens with zero attached hydrogens (tertiary/aromatic N) is 1. The van der Waals surface area contributed by atoms with Crippen molar-refractivity contribution in [3.05, 3.63) is 36.4 Å². The Labute approximate surface area is 207 Å². The van der Waals surface area contributed by atoms with E-state index in [1.165, 1.54) is 24.3 Å². The van der Waals surface area contributed by atoms with E-state index in [4.69, 9.17) is 0 Å².